The molecule has 0 saturated carbocycles. The number of nitrogens with one attached hydrogen (secondary N) is 1. The smallest absolute Gasteiger partial charge is 0.263 e. The summed E-state index contributed by atoms with van der Waals surface area (Å²) in [6.07, 6.45) is 0. The van der Waals surface area contributed by atoms with Crippen LogP contribution in [0.15, 0.2) is 50.2 Å². The van der Waals surface area contributed by atoms with Crippen LogP contribution in [-0.2, 0) is 10.0 Å². The molecule has 0 radical (unpaired) electrons. The third-order valence-electron chi connectivity index (χ3n) is 2.44. The predicted molar refractivity (Wildman–Crippen MR) is 88.5 cm³/mol. The zero-order valence-corrected chi connectivity index (χ0v) is 14.6. The Balaban J connectivity index is 2.40. The number of anilines is 2. The van der Waals surface area contributed by atoms with Gasteiger partial charge in [-0.3, -0.25) is 4.72 Å². The van der Waals surface area contributed by atoms with Gasteiger partial charge in [-0.25, -0.2) is 8.42 Å². The molecule has 0 aliphatic rings. The molecule has 0 heterocycles. The molecule has 20 heavy (non-hydrogen) atoms. The summed E-state index contributed by atoms with van der Waals surface area (Å²) in [4.78, 5) is 0.0120. The Labute approximate surface area is 138 Å². The van der Waals surface area contributed by atoms with Gasteiger partial charge in [0, 0.05) is 8.95 Å². The van der Waals surface area contributed by atoms with E-state index >= 15 is 0 Å². The SMILES string of the molecule is Nc1ccc(Br)cc1S(=O)(=O)Nc1ccc(Cl)c(Br)c1. The zero-order valence-electron chi connectivity index (χ0n) is 9.90. The second-order valence-electron chi connectivity index (χ2n) is 3.92. The van der Waals surface area contributed by atoms with E-state index < -0.39 is 10.0 Å². The topological polar surface area (TPSA) is 72.2 Å². The third-order valence-corrected chi connectivity index (χ3v) is 5.58. The zero-order chi connectivity index (χ0) is 14.9. The molecule has 2 aromatic carbocycles. The van der Waals surface area contributed by atoms with Crippen molar-refractivity contribution in [3.63, 3.8) is 0 Å². The lowest BCUT2D eigenvalue weighted by molar-refractivity contribution is 0.601. The summed E-state index contributed by atoms with van der Waals surface area (Å²) in [6, 6.07) is 9.38. The maximum absolute atomic E-state index is 12.3. The van der Waals surface area contributed by atoms with Gasteiger partial charge in [-0.05, 0) is 52.3 Å². The van der Waals surface area contributed by atoms with Crippen LogP contribution in [0.5, 0.6) is 0 Å². The van der Waals surface area contributed by atoms with E-state index in [0.717, 1.165) is 0 Å². The van der Waals surface area contributed by atoms with Crippen molar-refractivity contribution in [1.29, 1.82) is 0 Å². The van der Waals surface area contributed by atoms with E-state index in [0.29, 0.717) is 19.7 Å². The fourth-order valence-corrected chi connectivity index (χ4v) is 3.73. The molecule has 0 amide bonds. The van der Waals surface area contributed by atoms with Crippen molar-refractivity contribution in [2.75, 3.05) is 10.5 Å². The Morgan fingerprint density at radius 3 is 2.45 bits per heavy atom. The summed E-state index contributed by atoms with van der Waals surface area (Å²) in [5, 5.41) is 0.495. The molecule has 3 N–H and O–H groups in total. The normalized spacial score (nSPS) is 11.3. The van der Waals surface area contributed by atoms with Crippen LogP contribution in [0.25, 0.3) is 0 Å². The second-order valence-corrected chi connectivity index (χ2v) is 7.74. The first-order chi connectivity index (χ1) is 9.29. The first kappa shape index (κ1) is 15.6. The van der Waals surface area contributed by atoms with Gasteiger partial charge in [0.05, 0.1) is 16.4 Å². The molecule has 0 aliphatic carbocycles. The lowest BCUT2D eigenvalue weighted by atomic mass is 10.3. The van der Waals surface area contributed by atoms with Crippen LogP contribution >= 0.6 is 43.5 Å². The Bertz CT molecular complexity index is 766. The lowest BCUT2D eigenvalue weighted by Gasteiger charge is -2.11. The molecule has 8 heteroatoms. The summed E-state index contributed by atoms with van der Waals surface area (Å²) in [5.74, 6) is 0. The van der Waals surface area contributed by atoms with Crippen molar-refractivity contribution in [3.05, 3.63) is 50.4 Å². The molecule has 0 aromatic heterocycles. The van der Waals surface area contributed by atoms with Gasteiger partial charge < -0.3 is 5.73 Å². The van der Waals surface area contributed by atoms with Crippen LogP contribution < -0.4 is 10.5 Å². The van der Waals surface area contributed by atoms with Crippen LogP contribution in [0.1, 0.15) is 0 Å². The molecule has 0 atom stereocenters. The van der Waals surface area contributed by atoms with Gasteiger partial charge in [-0.15, -0.1) is 0 Å². The van der Waals surface area contributed by atoms with Gasteiger partial charge in [-0.2, -0.15) is 0 Å². The summed E-state index contributed by atoms with van der Waals surface area (Å²) in [7, 11) is -3.77. The van der Waals surface area contributed by atoms with Crippen LogP contribution in [0, 0.1) is 0 Å². The van der Waals surface area contributed by atoms with Crippen LogP contribution in [-0.4, -0.2) is 8.42 Å². The van der Waals surface area contributed by atoms with Gasteiger partial charge in [0.25, 0.3) is 10.0 Å². The molecular formula is C12H9Br2ClN2O2S. The molecule has 4 nitrogen and oxygen atoms in total. The van der Waals surface area contributed by atoms with Gasteiger partial charge in [0.2, 0.25) is 0 Å². The highest BCUT2D eigenvalue weighted by atomic mass is 79.9. The molecule has 106 valence electrons. The largest absolute Gasteiger partial charge is 0.398 e. The van der Waals surface area contributed by atoms with Crippen LogP contribution in [0.2, 0.25) is 5.02 Å². The summed E-state index contributed by atoms with van der Waals surface area (Å²) < 4.78 is 28.3. The quantitative estimate of drug-likeness (QED) is 0.701. The van der Waals surface area contributed by atoms with Crippen molar-refractivity contribution in [2.24, 2.45) is 0 Å². The molecule has 0 saturated heterocycles. The van der Waals surface area contributed by atoms with Crippen molar-refractivity contribution >= 4 is 64.9 Å². The number of sulfonamides is 1. The minimum absolute atomic E-state index is 0.0120. The molecule has 2 rings (SSSR count). The average molecular weight is 441 g/mol. The molecular weight excluding hydrogens is 431 g/mol. The average Bonchev–Trinajstić information content (AvgIpc) is 2.36. The minimum Gasteiger partial charge on any atom is -0.398 e. The minimum atomic E-state index is -3.77. The number of nitrogen functional groups attached to an aromatic ring is 1. The van der Waals surface area contributed by atoms with E-state index in [-0.39, 0.29) is 10.6 Å². The summed E-state index contributed by atoms with van der Waals surface area (Å²) in [5.41, 5.74) is 6.28. The number of nitrogens with two attached hydrogens (primary N) is 1. The van der Waals surface area contributed by atoms with Crippen LogP contribution in [0.3, 0.4) is 0 Å². The maximum atomic E-state index is 12.3. The van der Waals surface area contributed by atoms with Gasteiger partial charge in [0.15, 0.2) is 0 Å². The van der Waals surface area contributed by atoms with E-state index in [4.69, 9.17) is 17.3 Å². The highest BCUT2D eigenvalue weighted by molar-refractivity contribution is 9.10. The van der Waals surface area contributed by atoms with E-state index in [9.17, 15) is 8.42 Å². The van der Waals surface area contributed by atoms with Crippen LogP contribution in [0.4, 0.5) is 11.4 Å². The highest BCUT2D eigenvalue weighted by Gasteiger charge is 2.18. The fourth-order valence-electron chi connectivity index (χ4n) is 1.51. The number of hydrogen-bond donors (Lipinski definition) is 2. The Morgan fingerprint density at radius 2 is 1.80 bits per heavy atom. The standard InChI is InChI=1S/C12H9Br2ClN2O2S/c13-7-1-4-11(16)12(5-7)20(18,19)17-8-2-3-10(15)9(14)6-8/h1-6,17H,16H2. The van der Waals surface area contributed by atoms with Gasteiger partial charge in [0.1, 0.15) is 4.90 Å². The van der Waals surface area contributed by atoms with Crippen molar-refractivity contribution < 1.29 is 8.42 Å². The maximum Gasteiger partial charge on any atom is 0.263 e. The number of hydrogen-bond acceptors (Lipinski definition) is 3. The van der Waals surface area contributed by atoms with Crippen molar-refractivity contribution in [2.45, 2.75) is 4.90 Å². The summed E-state index contributed by atoms with van der Waals surface area (Å²) >= 11 is 12.3. The lowest BCUT2D eigenvalue weighted by Crippen LogP contribution is -2.14. The molecule has 0 spiro atoms. The van der Waals surface area contributed by atoms with Gasteiger partial charge >= 0.3 is 0 Å². The first-order valence-electron chi connectivity index (χ1n) is 5.32. The third kappa shape index (κ3) is 3.46. The van der Waals surface area contributed by atoms with E-state index in [1.807, 2.05) is 0 Å². The van der Waals surface area contributed by atoms with Crippen molar-refractivity contribution in [1.82, 2.24) is 0 Å². The Hall–Kier alpha value is -0.760. The molecule has 2 aromatic rings. The summed E-state index contributed by atoms with van der Waals surface area (Å²) in [6.45, 7) is 0. The molecule has 0 unspecified atom stereocenters. The number of rotatable bonds is 3. The number of benzene rings is 2. The molecule has 0 fully saturated rings. The Morgan fingerprint density at radius 1 is 1.10 bits per heavy atom. The number of halogens is 3. The highest BCUT2D eigenvalue weighted by Crippen LogP contribution is 2.29. The van der Waals surface area contributed by atoms with E-state index in [2.05, 4.69) is 36.6 Å². The van der Waals surface area contributed by atoms with E-state index in [1.54, 1.807) is 24.3 Å². The van der Waals surface area contributed by atoms with E-state index in [1.165, 1.54) is 12.1 Å². The Kier molecular flexibility index (Phi) is 4.63. The molecule has 0 aliphatic heterocycles. The first-order valence-corrected chi connectivity index (χ1v) is 8.77. The molecule has 0 bridgehead atoms. The van der Waals surface area contributed by atoms with Gasteiger partial charge in [-0.1, -0.05) is 27.5 Å². The second kappa shape index (κ2) is 5.93. The van der Waals surface area contributed by atoms with Crippen molar-refractivity contribution in [3.8, 4) is 0 Å². The fraction of sp³-hybridized carbons (Fsp3) is 0. The monoisotopic (exact) mass is 438 g/mol. The predicted octanol–water partition coefficient (Wildman–Crippen LogP) is 4.25.